The molecule has 0 saturated carbocycles. The van der Waals surface area contributed by atoms with Crippen molar-refractivity contribution in [2.75, 3.05) is 13.3 Å². The first kappa shape index (κ1) is 17.9. The molecule has 0 heterocycles. The van der Waals surface area contributed by atoms with Gasteiger partial charge in [0.1, 0.15) is 0 Å². The summed E-state index contributed by atoms with van der Waals surface area (Å²) in [6.45, 7) is 3.44. The Balaban J connectivity index is 1.94. The number of aliphatic imine (C=N–C) groups is 1. The molecule has 0 amide bonds. The maximum Gasteiger partial charge on any atom is 0.191 e. The number of thioether (sulfide) groups is 1. The highest BCUT2D eigenvalue weighted by atomic mass is 32.2. The maximum atomic E-state index is 8.96. The monoisotopic (exact) mass is 338 g/mol. The first-order chi connectivity index (χ1) is 11.7. The summed E-state index contributed by atoms with van der Waals surface area (Å²) in [6.07, 6.45) is 2.09. The lowest BCUT2D eigenvalue weighted by Gasteiger charge is -2.14. The molecule has 24 heavy (non-hydrogen) atoms. The molecule has 0 fully saturated rings. The van der Waals surface area contributed by atoms with Gasteiger partial charge >= 0.3 is 0 Å². The Morgan fingerprint density at radius 2 is 1.96 bits per heavy atom. The van der Waals surface area contributed by atoms with Crippen molar-refractivity contribution in [3.63, 3.8) is 0 Å². The van der Waals surface area contributed by atoms with Crippen LogP contribution in [0.3, 0.4) is 0 Å². The second-order valence-electron chi connectivity index (χ2n) is 5.41. The highest BCUT2D eigenvalue weighted by molar-refractivity contribution is 7.98. The van der Waals surface area contributed by atoms with Gasteiger partial charge in [0, 0.05) is 25.0 Å². The third-order valence-electron chi connectivity index (χ3n) is 3.63. The first-order valence-corrected chi connectivity index (χ1v) is 8.96. The van der Waals surface area contributed by atoms with Gasteiger partial charge in [-0.15, -0.1) is 11.8 Å². The number of rotatable bonds is 5. The smallest absolute Gasteiger partial charge is 0.191 e. The van der Waals surface area contributed by atoms with Gasteiger partial charge in [-0.1, -0.05) is 24.3 Å². The zero-order valence-corrected chi connectivity index (χ0v) is 15.1. The van der Waals surface area contributed by atoms with Gasteiger partial charge in [0.15, 0.2) is 5.96 Å². The van der Waals surface area contributed by atoms with Gasteiger partial charge in [0.05, 0.1) is 11.6 Å². The van der Waals surface area contributed by atoms with E-state index in [1.54, 1.807) is 24.9 Å². The zero-order valence-electron chi connectivity index (χ0n) is 14.3. The van der Waals surface area contributed by atoms with Gasteiger partial charge < -0.3 is 10.6 Å². The Labute approximate surface area is 148 Å². The number of nitrogens with zero attached hydrogens (tertiary/aromatic N) is 2. The van der Waals surface area contributed by atoms with Crippen molar-refractivity contribution in [1.82, 2.24) is 10.6 Å². The van der Waals surface area contributed by atoms with Gasteiger partial charge in [-0.25, -0.2) is 0 Å². The fourth-order valence-electron chi connectivity index (χ4n) is 2.33. The molecule has 2 rings (SSSR count). The molecule has 2 aromatic rings. The lowest BCUT2D eigenvalue weighted by molar-refractivity contribution is 0.801. The van der Waals surface area contributed by atoms with Crippen LogP contribution in [0, 0.1) is 18.3 Å². The van der Waals surface area contributed by atoms with Crippen LogP contribution in [0.25, 0.3) is 0 Å². The molecule has 0 aromatic heterocycles. The highest BCUT2D eigenvalue weighted by Crippen LogP contribution is 2.21. The van der Waals surface area contributed by atoms with Crippen LogP contribution in [0.2, 0.25) is 0 Å². The van der Waals surface area contributed by atoms with Crippen molar-refractivity contribution >= 4 is 17.7 Å². The molecular weight excluding hydrogens is 316 g/mol. The second kappa shape index (κ2) is 8.99. The normalized spacial score (nSPS) is 11.0. The van der Waals surface area contributed by atoms with Crippen LogP contribution in [-0.4, -0.2) is 19.3 Å². The number of guanidine groups is 1. The Hall–Kier alpha value is -2.45. The maximum absolute atomic E-state index is 8.96. The molecule has 2 aromatic carbocycles. The van der Waals surface area contributed by atoms with Gasteiger partial charge in [-0.3, -0.25) is 4.99 Å². The molecule has 0 aliphatic rings. The van der Waals surface area contributed by atoms with E-state index in [0.717, 1.165) is 11.5 Å². The molecule has 2 N–H and O–H groups in total. The average Bonchev–Trinajstić information content (AvgIpc) is 2.62. The predicted molar refractivity (Wildman–Crippen MR) is 101 cm³/mol. The molecule has 0 aliphatic heterocycles. The summed E-state index contributed by atoms with van der Waals surface area (Å²) in [4.78, 5) is 5.53. The van der Waals surface area contributed by atoms with E-state index in [2.05, 4.69) is 53.1 Å². The minimum atomic E-state index is 0.623. The number of aryl methyl sites for hydroxylation is 1. The minimum Gasteiger partial charge on any atom is -0.352 e. The molecule has 4 nitrogen and oxygen atoms in total. The van der Waals surface area contributed by atoms with Crippen LogP contribution in [0.15, 0.2) is 52.4 Å². The van der Waals surface area contributed by atoms with Crippen LogP contribution in [0.1, 0.15) is 22.3 Å². The lowest BCUT2D eigenvalue weighted by Crippen LogP contribution is -2.36. The van der Waals surface area contributed by atoms with Crippen molar-refractivity contribution in [2.24, 2.45) is 4.99 Å². The number of nitriles is 1. The number of hydrogen-bond donors (Lipinski definition) is 2. The van der Waals surface area contributed by atoms with Gasteiger partial charge in [0.2, 0.25) is 0 Å². The number of hydrogen-bond acceptors (Lipinski definition) is 3. The van der Waals surface area contributed by atoms with E-state index in [1.807, 2.05) is 18.2 Å². The van der Waals surface area contributed by atoms with Gasteiger partial charge in [0.25, 0.3) is 0 Å². The van der Waals surface area contributed by atoms with E-state index >= 15 is 0 Å². The largest absolute Gasteiger partial charge is 0.352 e. The van der Waals surface area contributed by atoms with Crippen molar-refractivity contribution in [2.45, 2.75) is 24.9 Å². The van der Waals surface area contributed by atoms with E-state index in [4.69, 9.17) is 5.26 Å². The molecule has 124 valence electrons. The van der Waals surface area contributed by atoms with Crippen LogP contribution in [-0.2, 0) is 13.1 Å². The van der Waals surface area contributed by atoms with Gasteiger partial charge in [-0.2, -0.15) is 5.26 Å². The quantitative estimate of drug-likeness (QED) is 0.498. The Bertz CT molecular complexity index is 762. The summed E-state index contributed by atoms with van der Waals surface area (Å²) in [5.74, 6) is 0.741. The van der Waals surface area contributed by atoms with Crippen molar-refractivity contribution < 1.29 is 0 Å². The molecule has 0 aliphatic carbocycles. The van der Waals surface area contributed by atoms with Crippen LogP contribution >= 0.6 is 11.8 Å². The van der Waals surface area contributed by atoms with Crippen molar-refractivity contribution in [1.29, 1.82) is 5.26 Å². The summed E-state index contributed by atoms with van der Waals surface area (Å²) in [7, 11) is 1.76. The average molecular weight is 338 g/mol. The van der Waals surface area contributed by atoms with E-state index in [1.165, 1.54) is 16.0 Å². The summed E-state index contributed by atoms with van der Waals surface area (Å²) < 4.78 is 0. The summed E-state index contributed by atoms with van der Waals surface area (Å²) in [5.41, 5.74) is 4.24. The highest BCUT2D eigenvalue weighted by Gasteiger charge is 2.04. The van der Waals surface area contributed by atoms with Crippen LogP contribution in [0.5, 0.6) is 0 Å². The van der Waals surface area contributed by atoms with E-state index in [9.17, 15) is 0 Å². The fraction of sp³-hybridized carbons (Fsp3) is 0.263. The molecule has 0 atom stereocenters. The zero-order chi connectivity index (χ0) is 17.4. The Kier molecular flexibility index (Phi) is 6.71. The lowest BCUT2D eigenvalue weighted by atomic mass is 10.1. The molecule has 0 unspecified atom stereocenters. The van der Waals surface area contributed by atoms with E-state index in [0.29, 0.717) is 18.7 Å². The molecular formula is C19H22N4S. The van der Waals surface area contributed by atoms with Crippen molar-refractivity contribution in [3.05, 3.63) is 64.7 Å². The van der Waals surface area contributed by atoms with Crippen LogP contribution < -0.4 is 10.6 Å². The minimum absolute atomic E-state index is 0.623. The molecule has 0 radical (unpaired) electrons. The summed E-state index contributed by atoms with van der Waals surface area (Å²) >= 11 is 1.75. The molecule has 5 heteroatoms. The van der Waals surface area contributed by atoms with E-state index < -0.39 is 0 Å². The third kappa shape index (κ3) is 5.04. The first-order valence-electron chi connectivity index (χ1n) is 7.73. The Morgan fingerprint density at radius 3 is 2.67 bits per heavy atom. The molecule has 0 saturated heterocycles. The third-order valence-corrected chi connectivity index (χ3v) is 4.45. The van der Waals surface area contributed by atoms with Crippen molar-refractivity contribution in [3.8, 4) is 6.07 Å². The predicted octanol–water partition coefficient (Wildman–Crippen LogP) is 3.45. The van der Waals surface area contributed by atoms with Crippen LogP contribution in [0.4, 0.5) is 0 Å². The Morgan fingerprint density at radius 1 is 1.17 bits per heavy atom. The summed E-state index contributed by atoms with van der Waals surface area (Å²) in [6, 6.07) is 16.2. The second-order valence-corrected chi connectivity index (χ2v) is 6.25. The van der Waals surface area contributed by atoms with E-state index in [-0.39, 0.29) is 0 Å². The molecule has 0 spiro atoms. The standard InChI is InChI=1S/C19H22N4S/c1-14-7-8-17(18(9-14)24-3)13-23-19(21-2)22-12-16-6-4-5-15(10-16)11-20/h4-10H,12-13H2,1-3H3,(H2,21,22,23). The molecule has 0 bridgehead atoms. The fourth-order valence-corrected chi connectivity index (χ4v) is 3.04. The topological polar surface area (TPSA) is 60.2 Å². The number of benzene rings is 2. The number of nitrogens with one attached hydrogen (secondary N) is 2. The SMILES string of the molecule is CN=C(NCc1cccc(C#N)c1)NCc1ccc(C)cc1SC. The summed E-state index contributed by atoms with van der Waals surface area (Å²) in [5, 5.41) is 15.6. The van der Waals surface area contributed by atoms with Gasteiger partial charge in [-0.05, 0) is 48.1 Å².